The lowest BCUT2D eigenvalue weighted by Crippen LogP contribution is -1.95. The van der Waals surface area contributed by atoms with Crippen molar-refractivity contribution in [3.05, 3.63) is 42.2 Å². The second kappa shape index (κ2) is 3.68. The average molecular weight is 158 g/mol. The Balaban J connectivity index is 3.03. The summed E-state index contributed by atoms with van der Waals surface area (Å²) in [5, 5.41) is 8.71. The van der Waals surface area contributed by atoms with E-state index >= 15 is 0 Å². The molecule has 1 aromatic rings. The van der Waals surface area contributed by atoms with Crippen LogP contribution in [0.5, 0.6) is 0 Å². The molecule has 2 heteroatoms. The van der Waals surface area contributed by atoms with Crippen LogP contribution in [0.15, 0.2) is 30.9 Å². The largest absolute Gasteiger partial charge is 0.256 e. The van der Waals surface area contributed by atoms with Gasteiger partial charge in [-0.2, -0.15) is 5.26 Å². The third-order valence-electron chi connectivity index (χ3n) is 1.60. The molecule has 1 atom stereocenters. The maximum absolute atomic E-state index is 8.71. The minimum Gasteiger partial charge on any atom is -0.256 e. The van der Waals surface area contributed by atoms with Gasteiger partial charge in [0.1, 0.15) is 5.92 Å². The molecule has 2 nitrogen and oxygen atoms in total. The van der Waals surface area contributed by atoms with Crippen LogP contribution in [-0.4, -0.2) is 4.98 Å². The minimum atomic E-state index is -0.287. The Labute approximate surface area is 72.2 Å². The van der Waals surface area contributed by atoms with Gasteiger partial charge in [-0.05, 0) is 19.1 Å². The molecule has 0 N–H and O–H groups in total. The number of rotatable bonds is 2. The number of hydrogen-bond acceptors (Lipinski definition) is 2. The Morgan fingerprint density at radius 2 is 2.42 bits per heavy atom. The lowest BCUT2D eigenvalue weighted by molar-refractivity contribution is 0.982. The number of aromatic nitrogens is 1. The lowest BCUT2D eigenvalue weighted by atomic mass is 10.1. The molecular weight excluding hydrogens is 148 g/mol. The molecule has 0 aromatic carbocycles. The van der Waals surface area contributed by atoms with E-state index < -0.39 is 0 Å². The van der Waals surface area contributed by atoms with Crippen LogP contribution in [0.3, 0.4) is 0 Å². The van der Waals surface area contributed by atoms with Crippen LogP contribution in [0.25, 0.3) is 0 Å². The van der Waals surface area contributed by atoms with Gasteiger partial charge in [-0.25, -0.2) is 0 Å². The van der Waals surface area contributed by atoms with Gasteiger partial charge < -0.3 is 0 Å². The molecule has 1 heterocycles. The molecule has 0 fully saturated rings. The van der Waals surface area contributed by atoms with E-state index in [2.05, 4.69) is 17.6 Å². The summed E-state index contributed by atoms with van der Waals surface area (Å²) in [5.41, 5.74) is 1.70. The predicted molar refractivity (Wildman–Crippen MR) is 47.5 cm³/mol. The molecule has 60 valence electrons. The number of allylic oxidation sites excluding steroid dienone is 1. The average Bonchev–Trinajstić information content (AvgIpc) is 2.07. The molecule has 0 saturated carbocycles. The van der Waals surface area contributed by atoms with Crippen LogP contribution in [0.4, 0.5) is 0 Å². The number of nitrogens with zero attached hydrogens (tertiary/aromatic N) is 2. The Morgan fingerprint density at radius 1 is 1.67 bits per heavy atom. The van der Waals surface area contributed by atoms with Crippen molar-refractivity contribution < 1.29 is 0 Å². The van der Waals surface area contributed by atoms with Gasteiger partial charge in [0.05, 0.1) is 11.8 Å². The first-order valence-electron chi connectivity index (χ1n) is 3.73. The SMILES string of the molecule is C=CC(C#N)c1cccc(C)n1. The first-order valence-corrected chi connectivity index (χ1v) is 3.73. The van der Waals surface area contributed by atoms with E-state index in [1.54, 1.807) is 6.08 Å². The van der Waals surface area contributed by atoms with Crippen molar-refractivity contribution in [1.29, 1.82) is 5.26 Å². The smallest absolute Gasteiger partial charge is 0.106 e. The van der Waals surface area contributed by atoms with Crippen LogP contribution in [-0.2, 0) is 0 Å². The molecule has 1 rings (SSSR count). The second-order valence-corrected chi connectivity index (χ2v) is 2.55. The summed E-state index contributed by atoms with van der Waals surface area (Å²) in [6.07, 6.45) is 1.60. The third kappa shape index (κ3) is 1.70. The fourth-order valence-corrected chi connectivity index (χ4v) is 0.977. The van der Waals surface area contributed by atoms with E-state index in [1.807, 2.05) is 25.1 Å². The number of hydrogen-bond donors (Lipinski definition) is 0. The molecule has 0 radical (unpaired) electrons. The van der Waals surface area contributed by atoms with E-state index in [1.165, 1.54) is 0 Å². The summed E-state index contributed by atoms with van der Waals surface area (Å²) < 4.78 is 0. The Morgan fingerprint density at radius 3 is 2.92 bits per heavy atom. The topological polar surface area (TPSA) is 36.7 Å². The third-order valence-corrected chi connectivity index (χ3v) is 1.60. The fourth-order valence-electron chi connectivity index (χ4n) is 0.977. The second-order valence-electron chi connectivity index (χ2n) is 2.55. The maximum Gasteiger partial charge on any atom is 0.106 e. The monoisotopic (exact) mass is 158 g/mol. The summed E-state index contributed by atoms with van der Waals surface area (Å²) in [6.45, 7) is 5.48. The van der Waals surface area contributed by atoms with Gasteiger partial charge in [0.2, 0.25) is 0 Å². The Hall–Kier alpha value is -1.62. The summed E-state index contributed by atoms with van der Waals surface area (Å²) >= 11 is 0. The molecule has 0 saturated heterocycles. The van der Waals surface area contributed by atoms with Gasteiger partial charge in [-0.15, -0.1) is 6.58 Å². The van der Waals surface area contributed by atoms with Gasteiger partial charge >= 0.3 is 0 Å². The van der Waals surface area contributed by atoms with E-state index in [4.69, 9.17) is 5.26 Å². The lowest BCUT2D eigenvalue weighted by Gasteiger charge is -2.02. The van der Waals surface area contributed by atoms with Crippen LogP contribution in [0.2, 0.25) is 0 Å². The van der Waals surface area contributed by atoms with Crippen LogP contribution < -0.4 is 0 Å². The molecular formula is C10H10N2. The van der Waals surface area contributed by atoms with E-state index in [9.17, 15) is 0 Å². The van der Waals surface area contributed by atoms with E-state index in [-0.39, 0.29) is 5.92 Å². The van der Waals surface area contributed by atoms with Gasteiger partial charge in [-0.3, -0.25) is 4.98 Å². The van der Waals surface area contributed by atoms with Crippen molar-refractivity contribution in [3.63, 3.8) is 0 Å². The summed E-state index contributed by atoms with van der Waals surface area (Å²) in [5.74, 6) is -0.287. The molecule has 0 spiro atoms. The van der Waals surface area contributed by atoms with Crippen molar-refractivity contribution in [2.45, 2.75) is 12.8 Å². The van der Waals surface area contributed by atoms with Crippen molar-refractivity contribution in [1.82, 2.24) is 4.98 Å². The number of pyridine rings is 1. The zero-order valence-corrected chi connectivity index (χ0v) is 6.99. The van der Waals surface area contributed by atoms with Crippen molar-refractivity contribution >= 4 is 0 Å². The first-order chi connectivity index (χ1) is 5.77. The zero-order chi connectivity index (χ0) is 8.97. The van der Waals surface area contributed by atoms with E-state index in [0.717, 1.165) is 11.4 Å². The molecule has 1 unspecified atom stereocenters. The number of aryl methyl sites for hydroxylation is 1. The molecule has 12 heavy (non-hydrogen) atoms. The normalized spacial score (nSPS) is 11.7. The maximum atomic E-state index is 8.71. The summed E-state index contributed by atoms with van der Waals surface area (Å²) in [7, 11) is 0. The van der Waals surface area contributed by atoms with Crippen LogP contribution in [0, 0.1) is 18.3 Å². The molecule has 0 aliphatic heterocycles. The Kier molecular flexibility index (Phi) is 2.60. The van der Waals surface area contributed by atoms with Gasteiger partial charge in [-0.1, -0.05) is 12.1 Å². The van der Waals surface area contributed by atoms with Gasteiger partial charge in [0.25, 0.3) is 0 Å². The minimum absolute atomic E-state index is 0.287. The highest BCUT2D eigenvalue weighted by Crippen LogP contribution is 2.12. The molecule has 0 amide bonds. The summed E-state index contributed by atoms with van der Waals surface area (Å²) in [6, 6.07) is 7.75. The van der Waals surface area contributed by atoms with Crippen molar-refractivity contribution in [2.75, 3.05) is 0 Å². The zero-order valence-electron chi connectivity index (χ0n) is 6.99. The highest BCUT2D eigenvalue weighted by atomic mass is 14.7. The van der Waals surface area contributed by atoms with Crippen molar-refractivity contribution in [3.8, 4) is 6.07 Å². The van der Waals surface area contributed by atoms with Crippen LogP contribution in [0.1, 0.15) is 17.3 Å². The molecule has 0 aliphatic rings. The molecule has 1 aromatic heterocycles. The van der Waals surface area contributed by atoms with E-state index in [0.29, 0.717) is 0 Å². The van der Waals surface area contributed by atoms with Gasteiger partial charge in [0.15, 0.2) is 0 Å². The first kappa shape index (κ1) is 8.48. The van der Waals surface area contributed by atoms with Crippen molar-refractivity contribution in [2.24, 2.45) is 0 Å². The number of nitriles is 1. The Bertz CT molecular complexity index is 323. The van der Waals surface area contributed by atoms with Gasteiger partial charge in [0, 0.05) is 5.69 Å². The predicted octanol–water partition coefficient (Wildman–Crippen LogP) is 2.18. The molecule has 0 bridgehead atoms. The highest BCUT2D eigenvalue weighted by molar-refractivity contribution is 5.23. The quantitative estimate of drug-likeness (QED) is 0.618. The summed E-state index contributed by atoms with van der Waals surface area (Å²) in [4.78, 5) is 4.22. The molecule has 0 aliphatic carbocycles. The highest BCUT2D eigenvalue weighted by Gasteiger charge is 2.05. The van der Waals surface area contributed by atoms with Crippen LogP contribution >= 0.6 is 0 Å². The standard InChI is InChI=1S/C10H10N2/c1-3-9(7-11)10-6-4-5-8(2)12-10/h3-6,9H,1H2,2H3. The fraction of sp³-hybridized carbons (Fsp3) is 0.200.